The van der Waals surface area contributed by atoms with Crippen molar-refractivity contribution >= 4 is 29.8 Å². The summed E-state index contributed by atoms with van der Waals surface area (Å²) in [4.78, 5) is 4.43. The summed E-state index contributed by atoms with van der Waals surface area (Å²) in [6, 6.07) is 13.2. The second kappa shape index (κ2) is 8.14. The Morgan fingerprint density at radius 2 is 1.72 bits per heavy atom. The van der Waals surface area contributed by atoms with Gasteiger partial charge in [-0.05, 0) is 29.8 Å². The van der Waals surface area contributed by atoms with Crippen LogP contribution in [-0.2, 0) is 6.54 Å². The van der Waals surface area contributed by atoms with Crippen molar-refractivity contribution in [3.8, 4) is 22.8 Å². The van der Waals surface area contributed by atoms with Gasteiger partial charge in [0.05, 0.1) is 27.1 Å². The summed E-state index contributed by atoms with van der Waals surface area (Å²) in [5.41, 5.74) is 8.98. The maximum atomic E-state index is 6.26. The summed E-state index contributed by atoms with van der Waals surface area (Å²) >= 11 is 5.93. The predicted molar refractivity (Wildman–Crippen MR) is 103 cm³/mol. The molecule has 132 valence electrons. The van der Waals surface area contributed by atoms with Crippen molar-refractivity contribution in [3.63, 3.8) is 0 Å². The van der Waals surface area contributed by atoms with E-state index in [4.69, 9.17) is 26.8 Å². The highest BCUT2D eigenvalue weighted by atomic mass is 35.5. The predicted octanol–water partition coefficient (Wildman–Crippen LogP) is 4.27. The van der Waals surface area contributed by atoms with E-state index < -0.39 is 0 Å². The molecule has 0 saturated carbocycles. The van der Waals surface area contributed by atoms with Gasteiger partial charge >= 0.3 is 0 Å². The van der Waals surface area contributed by atoms with Crippen LogP contribution in [0.15, 0.2) is 48.8 Å². The maximum absolute atomic E-state index is 6.26. The number of benzene rings is 2. The topological polar surface area (TPSA) is 62.3 Å². The van der Waals surface area contributed by atoms with Crippen LogP contribution in [0.25, 0.3) is 11.3 Å². The monoisotopic (exact) mass is 379 g/mol. The van der Waals surface area contributed by atoms with Crippen LogP contribution in [0.2, 0.25) is 5.02 Å². The fourth-order valence-electron chi connectivity index (χ4n) is 2.52. The molecule has 0 atom stereocenters. The number of halogens is 2. The molecule has 0 bridgehead atoms. The van der Waals surface area contributed by atoms with Crippen LogP contribution in [-0.4, -0.2) is 23.8 Å². The zero-order chi connectivity index (χ0) is 17.1. The van der Waals surface area contributed by atoms with Crippen molar-refractivity contribution < 1.29 is 9.47 Å². The molecule has 0 unspecified atom stereocenters. The van der Waals surface area contributed by atoms with Crippen molar-refractivity contribution in [2.24, 2.45) is 0 Å². The second-order valence-electron chi connectivity index (χ2n) is 5.30. The van der Waals surface area contributed by atoms with Crippen LogP contribution in [0.4, 0.5) is 5.82 Å². The number of hydrogen-bond donors (Lipinski definition) is 1. The molecule has 1 aromatic heterocycles. The first-order valence-electron chi connectivity index (χ1n) is 7.40. The van der Waals surface area contributed by atoms with Crippen molar-refractivity contribution in [2.75, 3.05) is 20.0 Å². The first kappa shape index (κ1) is 19.0. The Balaban J connectivity index is 0.00000225. The van der Waals surface area contributed by atoms with Crippen LogP contribution >= 0.6 is 24.0 Å². The Kier molecular flexibility index (Phi) is 6.17. The SMILES string of the molecule is COc1ccc(Cn2cnc(-c3ccc(Cl)cc3)c2N)cc1OC.Cl. The molecule has 2 aromatic carbocycles. The molecule has 0 amide bonds. The number of rotatable bonds is 5. The van der Waals surface area contributed by atoms with Gasteiger partial charge in [-0.25, -0.2) is 4.98 Å². The summed E-state index contributed by atoms with van der Waals surface area (Å²) < 4.78 is 12.5. The Labute approximate surface area is 157 Å². The van der Waals surface area contributed by atoms with Gasteiger partial charge in [0, 0.05) is 10.6 Å². The van der Waals surface area contributed by atoms with Crippen molar-refractivity contribution in [2.45, 2.75) is 6.54 Å². The third-order valence-electron chi connectivity index (χ3n) is 3.80. The number of aromatic nitrogens is 2. The van der Waals surface area contributed by atoms with Gasteiger partial charge < -0.3 is 19.8 Å². The molecule has 0 radical (unpaired) electrons. The summed E-state index contributed by atoms with van der Waals surface area (Å²) in [6.45, 7) is 0.590. The van der Waals surface area contributed by atoms with E-state index in [9.17, 15) is 0 Å². The van der Waals surface area contributed by atoms with Gasteiger partial charge in [0.15, 0.2) is 11.5 Å². The molecule has 0 fully saturated rings. The molecule has 0 aliphatic carbocycles. The fraction of sp³-hybridized carbons (Fsp3) is 0.167. The van der Waals surface area contributed by atoms with E-state index in [0.717, 1.165) is 16.8 Å². The Hall–Kier alpha value is -2.37. The summed E-state index contributed by atoms with van der Waals surface area (Å²) in [6.07, 6.45) is 1.73. The molecule has 25 heavy (non-hydrogen) atoms. The molecule has 1 heterocycles. The third-order valence-corrected chi connectivity index (χ3v) is 4.05. The van der Waals surface area contributed by atoms with Gasteiger partial charge in [0.1, 0.15) is 11.5 Å². The number of nitrogens with zero attached hydrogens (tertiary/aromatic N) is 2. The molecule has 0 aliphatic rings. The first-order chi connectivity index (χ1) is 11.6. The van der Waals surface area contributed by atoms with E-state index in [1.165, 1.54) is 0 Å². The molecule has 0 saturated heterocycles. The minimum Gasteiger partial charge on any atom is -0.493 e. The van der Waals surface area contributed by atoms with Crippen LogP contribution in [0.1, 0.15) is 5.56 Å². The number of methoxy groups -OCH3 is 2. The zero-order valence-corrected chi connectivity index (χ0v) is 15.5. The van der Waals surface area contributed by atoms with Gasteiger partial charge in [-0.3, -0.25) is 0 Å². The lowest BCUT2D eigenvalue weighted by molar-refractivity contribution is 0.354. The van der Waals surface area contributed by atoms with Gasteiger partial charge in [0.25, 0.3) is 0 Å². The van der Waals surface area contributed by atoms with Gasteiger partial charge in [-0.1, -0.05) is 29.8 Å². The highest BCUT2D eigenvalue weighted by Gasteiger charge is 2.11. The van der Waals surface area contributed by atoms with E-state index in [-0.39, 0.29) is 12.4 Å². The van der Waals surface area contributed by atoms with Crippen molar-refractivity contribution in [1.29, 1.82) is 0 Å². The average molecular weight is 380 g/mol. The molecular weight excluding hydrogens is 361 g/mol. The summed E-state index contributed by atoms with van der Waals surface area (Å²) in [7, 11) is 3.23. The van der Waals surface area contributed by atoms with Crippen molar-refractivity contribution in [1.82, 2.24) is 9.55 Å². The van der Waals surface area contributed by atoms with Crippen molar-refractivity contribution in [3.05, 3.63) is 59.4 Å². The molecule has 0 spiro atoms. The molecule has 3 rings (SSSR count). The Morgan fingerprint density at radius 3 is 2.36 bits per heavy atom. The number of nitrogens with two attached hydrogens (primary N) is 1. The molecule has 7 heteroatoms. The van der Waals surface area contributed by atoms with Crippen LogP contribution in [0, 0.1) is 0 Å². The smallest absolute Gasteiger partial charge is 0.161 e. The van der Waals surface area contributed by atoms with E-state index >= 15 is 0 Å². The standard InChI is InChI=1S/C18H18ClN3O2.ClH/c1-23-15-8-3-12(9-16(15)24-2)10-22-11-21-17(18(22)20)13-4-6-14(19)7-5-13;/h3-9,11H,10,20H2,1-2H3;1H. The Bertz CT molecular complexity index is 848. The number of ether oxygens (including phenoxy) is 2. The molecule has 5 nitrogen and oxygen atoms in total. The van der Waals surface area contributed by atoms with E-state index in [0.29, 0.717) is 28.9 Å². The van der Waals surface area contributed by atoms with Gasteiger partial charge in [0.2, 0.25) is 0 Å². The fourth-order valence-corrected chi connectivity index (χ4v) is 2.65. The lowest BCUT2D eigenvalue weighted by Gasteiger charge is -2.11. The molecule has 3 aromatic rings. The number of nitrogen functional groups attached to an aromatic ring is 1. The maximum Gasteiger partial charge on any atom is 0.161 e. The summed E-state index contributed by atoms with van der Waals surface area (Å²) in [5.74, 6) is 1.99. The van der Waals surface area contributed by atoms with E-state index in [2.05, 4.69) is 4.98 Å². The number of anilines is 1. The quantitative estimate of drug-likeness (QED) is 0.718. The Morgan fingerprint density at radius 1 is 1.04 bits per heavy atom. The molecule has 0 aliphatic heterocycles. The summed E-state index contributed by atoms with van der Waals surface area (Å²) in [5, 5.41) is 0.682. The van der Waals surface area contributed by atoms with Crippen LogP contribution in [0.5, 0.6) is 11.5 Å². The van der Waals surface area contributed by atoms with Crippen LogP contribution in [0.3, 0.4) is 0 Å². The largest absolute Gasteiger partial charge is 0.493 e. The number of imidazole rings is 1. The molecule has 2 N–H and O–H groups in total. The highest BCUT2D eigenvalue weighted by Crippen LogP contribution is 2.29. The normalized spacial score (nSPS) is 10.2. The first-order valence-corrected chi connectivity index (χ1v) is 7.77. The third kappa shape index (κ3) is 4.00. The van der Waals surface area contributed by atoms with Gasteiger partial charge in [-0.15, -0.1) is 12.4 Å². The van der Waals surface area contributed by atoms with E-state index in [1.54, 1.807) is 20.5 Å². The lowest BCUT2D eigenvalue weighted by atomic mass is 10.1. The average Bonchev–Trinajstić information content (AvgIpc) is 2.96. The van der Waals surface area contributed by atoms with E-state index in [1.807, 2.05) is 47.0 Å². The minimum absolute atomic E-state index is 0. The second-order valence-corrected chi connectivity index (χ2v) is 5.74. The minimum atomic E-state index is 0. The zero-order valence-electron chi connectivity index (χ0n) is 13.9. The van der Waals surface area contributed by atoms with Gasteiger partial charge in [-0.2, -0.15) is 0 Å². The highest BCUT2D eigenvalue weighted by molar-refractivity contribution is 6.30. The molecular formula is C18H19Cl2N3O2. The number of hydrogen-bond acceptors (Lipinski definition) is 4. The lowest BCUT2D eigenvalue weighted by Crippen LogP contribution is -2.04. The van der Waals surface area contributed by atoms with Crippen LogP contribution < -0.4 is 15.2 Å².